The molecule has 1 aliphatic heterocycles. The van der Waals surface area contributed by atoms with Gasteiger partial charge < -0.3 is 14.7 Å². The van der Waals surface area contributed by atoms with E-state index in [1.54, 1.807) is 18.2 Å². The van der Waals surface area contributed by atoms with E-state index < -0.39 is 11.6 Å². The molecular weight excluding hydrogens is 485 g/mol. The van der Waals surface area contributed by atoms with Gasteiger partial charge in [-0.05, 0) is 79.3 Å². The number of halogens is 2. The molecule has 1 heterocycles. The number of aliphatic carboxylic acids is 1. The van der Waals surface area contributed by atoms with Gasteiger partial charge in [0, 0.05) is 28.6 Å². The summed E-state index contributed by atoms with van der Waals surface area (Å²) >= 11 is 12.3. The van der Waals surface area contributed by atoms with E-state index in [1.807, 2.05) is 48.5 Å². The van der Waals surface area contributed by atoms with E-state index in [2.05, 4.69) is 6.92 Å². The summed E-state index contributed by atoms with van der Waals surface area (Å²) in [6.45, 7) is 2.00. The minimum absolute atomic E-state index is 0.288. The third-order valence-electron chi connectivity index (χ3n) is 6.31. The molecule has 182 valence electrons. The molecule has 0 saturated carbocycles. The molecule has 0 radical (unpaired) electrons. The van der Waals surface area contributed by atoms with Crippen LogP contribution in [0, 0.1) is 0 Å². The van der Waals surface area contributed by atoms with E-state index in [-0.39, 0.29) is 19.0 Å². The fourth-order valence-corrected chi connectivity index (χ4v) is 4.73. The van der Waals surface area contributed by atoms with Gasteiger partial charge in [0.05, 0.1) is 0 Å². The van der Waals surface area contributed by atoms with Crippen LogP contribution in [0.2, 0.25) is 10.0 Å². The molecule has 3 aromatic carbocycles. The first kappa shape index (κ1) is 25.1. The maximum absolute atomic E-state index is 13.2. The molecule has 1 amide bonds. The van der Waals surface area contributed by atoms with Crippen molar-refractivity contribution in [2.75, 3.05) is 13.1 Å². The van der Waals surface area contributed by atoms with Gasteiger partial charge in [-0.1, -0.05) is 53.5 Å². The summed E-state index contributed by atoms with van der Waals surface area (Å²) in [7, 11) is 0. The highest BCUT2D eigenvalue weighted by molar-refractivity contribution is 6.31. The van der Waals surface area contributed by atoms with Crippen molar-refractivity contribution in [1.29, 1.82) is 0 Å². The van der Waals surface area contributed by atoms with Gasteiger partial charge in [-0.25, -0.2) is 0 Å². The maximum atomic E-state index is 13.2. The van der Waals surface area contributed by atoms with Crippen molar-refractivity contribution in [2.45, 2.75) is 38.2 Å². The summed E-state index contributed by atoms with van der Waals surface area (Å²) < 4.78 is 6.36. The Balaban J connectivity index is 1.47. The second-order valence-electron chi connectivity index (χ2n) is 9.14. The number of aryl methyl sites for hydroxylation is 1. The van der Waals surface area contributed by atoms with Crippen LogP contribution in [0.1, 0.15) is 40.4 Å². The van der Waals surface area contributed by atoms with E-state index in [0.29, 0.717) is 23.4 Å². The molecule has 0 aliphatic carbocycles. The smallest absolute Gasteiger partial charge is 0.323 e. The molecule has 0 aromatic heterocycles. The zero-order chi connectivity index (χ0) is 25.0. The molecule has 4 rings (SSSR count). The van der Waals surface area contributed by atoms with Crippen molar-refractivity contribution in [2.24, 2.45) is 0 Å². The monoisotopic (exact) mass is 511 g/mol. The molecule has 0 saturated heterocycles. The predicted octanol–water partition coefficient (Wildman–Crippen LogP) is 6.09. The number of carbonyl (C=O) groups excluding carboxylic acids is 1. The lowest BCUT2D eigenvalue weighted by Gasteiger charge is -2.36. The van der Waals surface area contributed by atoms with E-state index >= 15 is 0 Å². The molecule has 5 nitrogen and oxygen atoms in total. The number of benzene rings is 3. The fourth-order valence-electron chi connectivity index (χ4n) is 4.41. The molecule has 0 spiro atoms. The van der Waals surface area contributed by atoms with E-state index in [9.17, 15) is 14.7 Å². The minimum atomic E-state index is -1.05. The van der Waals surface area contributed by atoms with Gasteiger partial charge in [0.1, 0.15) is 17.9 Å². The molecule has 1 aliphatic rings. The average molecular weight is 512 g/mol. The molecule has 7 heteroatoms. The van der Waals surface area contributed by atoms with Crippen molar-refractivity contribution < 1.29 is 19.4 Å². The number of nitrogens with zero attached hydrogens (tertiary/aromatic N) is 1. The Bertz CT molecular complexity index is 1230. The maximum Gasteiger partial charge on any atom is 0.323 e. The number of carboxylic acid groups (broad SMARTS) is 1. The van der Waals surface area contributed by atoms with Crippen LogP contribution in [-0.2, 0) is 24.1 Å². The second kappa shape index (κ2) is 10.7. The number of hydrogen-bond acceptors (Lipinski definition) is 3. The first-order chi connectivity index (χ1) is 16.7. The van der Waals surface area contributed by atoms with Crippen LogP contribution in [0.25, 0.3) is 0 Å². The van der Waals surface area contributed by atoms with Crippen molar-refractivity contribution in [3.05, 3.63) is 99.0 Å². The molecule has 1 N–H and O–H groups in total. The first-order valence-corrected chi connectivity index (χ1v) is 12.3. The summed E-state index contributed by atoms with van der Waals surface area (Å²) in [5.41, 5.74) is 3.02. The topological polar surface area (TPSA) is 66.8 Å². The summed E-state index contributed by atoms with van der Waals surface area (Å²) in [5, 5.41) is 10.7. The Morgan fingerprint density at radius 1 is 1.06 bits per heavy atom. The highest BCUT2D eigenvalue weighted by Gasteiger charge is 2.33. The van der Waals surface area contributed by atoms with Crippen LogP contribution < -0.4 is 4.74 Å². The second-order valence-corrected chi connectivity index (χ2v) is 9.98. The van der Waals surface area contributed by atoms with Crippen molar-refractivity contribution >= 4 is 35.1 Å². The number of fused-ring (bicyclic) bond motifs is 1. The Labute approximate surface area is 215 Å². The van der Waals surface area contributed by atoms with Crippen LogP contribution in [0.5, 0.6) is 5.75 Å². The summed E-state index contributed by atoms with van der Waals surface area (Å²) in [4.78, 5) is 26.0. The lowest BCUT2D eigenvalue weighted by Crippen LogP contribution is -2.39. The zero-order valence-electron chi connectivity index (χ0n) is 19.5. The highest BCUT2D eigenvalue weighted by Crippen LogP contribution is 2.37. The van der Waals surface area contributed by atoms with Gasteiger partial charge >= 0.3 is 5.97 Å². The lowest BCUT2D eigenvalue weighted by atomic mass is 9.86. The molecule has 0 bridgehead atoms. The average Bonchev–Trinajstić information content (AvgIpc) is 2.83. The minimum Gasteiger partial charge on any atom is -0.487 e. The lowest BCUT2D eigenvalue weighted by molar-refractivity contribution is -0.137. The van der Waals surface area contributed by atoms with Crippen LogP contribution >= 0.6 is 23.2 Å². The van der Waals surface area contributed by atoms with Crippen molar-refractivity contribution in [1.82, 2.24) is 4.90 Å². The summed E-state index contributed by atoms with van der Waals surface area (Å²) in [5.74, 6) is -0.618. The zero-order valence-corrected chi connectivity index (χ0v) is 21.0. The Hall–Kier alpha value is -3.02. The molecule has 0 unspecified atom stereocenters. The van der Waals surface area contributed by atoms with Crippen molar-refractivity contribution in [3.63, 3.8) is 0 Å². The van der Waals surface area contributed by atoms with Crippen LogP contribution in [0.3, 0.4) is 0 Å². The number of hydrogen-bond donors (Lipinski definition) is 1. The van der Waals surface area contributed by atoms with Crippen LogP contribution in [0.15, 0.2) is 66.7 Å². The Kier molecular flexibility index (Phi) is 7.68. The van der Waals surface area contributed by atoms with E-state index in [4.69, 9.17) is 27.9 Å². The summed E-state index contributed by atoms with van der Waals surface area (Å²) in [6.07, 6.45) is 2.74. The Morgan fingerprint density at radius 3 is 2.51 bits per heavy atom. The molecule has 0 fully saturated rings. The quantitative estimate of drug-likeness (QED) is 0.397. The number of rotatable bonds is 8. The fraction of sp³-hybridized carbons (Fsp3) is 0.286. The Morgan fingerprint density at radius 2 is 1.80 bits per heavy atom. The van der Waals surface area contributed by atoms with Gasteiger partial charge in [0.25, 0.3) is 5.91 Å². The van der Waals surface area contributed by atoms with E-state index in [0.717, 1.165) is 40.3 Å². The van der Waals surface area contributed by atoms with Gasteiger partial charge in [-0.15, -0.1) is 0 Å². The third kappa shape index (κ3) is 6.36. The highest BCUT2D eigenvalue weighted by atomic mass is 35.5. The summed E-state index contributed by atoms with van der Waals surface area (Å²) in [6, 6.07) is 20.4. The van der Waals surface area contributed by atoms with E-state index in [1.165, 1.54) is 4.90 Å². The largest absolute Gasteiger partial charge is 0.487 e. The van der Waals surface area contributed by atoms with Crippen molar-refractivity contribution in [3.8, 4) is 5.75 Å². The third-order valence-corrected chi connectivity index (χ3v) is 6.93. The van der Waals surface area contributed by atoms with Crippen LogP contribution in [0.4, 0.5) is 0 Å². The molecule has 1 atom stereocenters. The van der Waals surface area contributed by atoms with Gasteiger partial charge in [0.2, 0.25) is 0 Å². The number of carboxylic acids is 1. The van der Waals surface area contributed by atoms with Gasteiger partial charge in [0.15, 0.2) is 0 Å². The first-order valence-electron chi connectivity index (χ1n) is 11.5. The standard InChI is InChI=1S/C28H27Cl2NO4/c1-28(17-22-4-2-3-5-24(22)30)14-12-20-16-21(8-11-25(20)35-28)27(34)31(18-26(32)33)15-13-19-6-9-23(29)10-7-19/h2-11,16H,12-15,17-18H2,1H3,(H,32,33)/t28-/m1/s1. The molecular formula is C28H27Cl2NO4. The van der Waals surface area contributed by atoms with Crippen LogP contribution in [-0.4, -0.2) is 40.6 Å². The molecule has 3 aromatic rings. The molecule has 35 heavy (non-hydrogen) atoms. The number of carbonyl (C=O) groups is 2. The normalized spacial score (nSPS) is 16.8. The SMILES string of the molecule is C[C@]1(Cc2ccccc2Cl)CCc2cc(C(=O)N(CCc3ccc(Cl)cc3)CC(=O)O)ccc2O1. The number of amides is 1. The number of ether oxygens (including phenoxy) is 1. The van der Waals surface area contributed by atoms with Gasteiger partial charge in [-0.3, -0.25) is 9.59 Å². The predicted molar refractivity (Wildman–Crippen MR) is 138 cm³/mol. The van der Waals surface area contributed by atoms with Gasteiger partial charge in [-0.2, -0.15) is 0 Å².